The maximum atomic E-state index is 12.1. The lowest BCUT2D eigenvalue weighted by atomic mass is 10.3. The standard InChI is InChI=1S/C18H16N6OS2/c1-24-17-14(8-21-24)18(20-11-19-17)27-10-13-9-26-16(23-13)7-15(25)22-12-5-3-2-4-6-12/h2-6,8-9,11H,7,10H2,1H3,(H,22,25). The van der Waals surface area contributed by atoms with Gasteiger partial charge in [0.05, 0.1) is 23.7 Å². The number of anilines is 1. The highest BCUT2D eigenvalue weighted by atomic mass is 32.2. The fourth-order valence-electron chi connectivity index (χ4n) is 2.56. The van der Waals surface area contributed by atoms with E-state index in [0.29, 0.717) is 5.75 Å². The Morgan fingerprint density at radius 3 is 2.96 bits per heavy atom. The zero-order chi connectivity index (χ0) is 18.6. The highest BCUT2D eigenvalue weighted by molar-refractivity contribution is 7.98. The van der Waals surface area contributed by atoms with Crippen LogP contribution < -0.4 is 5.32 Å². The van der Waals surface area contributed by atoms with Crippen molar-refractivity contribution < 1.29 is 4.79 Å². The summed E-state index contributed by atoms with van der Waals surface area (Å²) in [5.41, 5.74) is 2.53. The number of nitrogens with one attached hydrogen (secondary N) is 1. The molecule has 3 aromatic heterocycles. The first-order chi connectivity index (χ1) is 13.2. The van der Waals surface area contributed by atoms with E-state index < -0.39 is 0 Å². The Labute approximate surface area is 163 Å². The number of carbonyl (C=O) groups is 1. The van der Waals surface area contributed by atoms with Crippen LogP contribution in [0.5, 0.6) is 0 Å². The van der Waals surface area contributed by atoms with Crippen LogP contribution in [0.2, 0.25) is 0 Å². The Bertz CT molecular complexity index is 1080. The van der Waals surface area contributed by atoms with Gasteiger partial charge in [-0.2, -0.15) is 5.10 Å². The van der Waals surface area contributed by atoms with Gasteiger partial charge in [0.15, 0.2) is 5.65 Å². The van der Waals surface area contributed by atoms with Gasteiger partial charge in [-0.3, -0.25) is 9.48 Å². The number of hydrogen-bond acceptors (Lipinski definition) is 7. The second-order valence-corrected chi connectivity index (χ2v) is 7.70. The van der Waals surface area contributed by atoms with Gasteiger partial charge in [0.2, 0.25) is 5.91 Å². The van der Waals surface area contributed by atoms with E-state index in [1.54, 1.807) is 29.0 Å². The van der Waals surface area contributed by atoms with E-state index in [1.807, 2.05) is 42.8 Å². The molecule has 3 heterocycles. The second-order valence-electron chi connectivity index (χ2n) is 5.80. The summed E-state index contributed by atoms with van der Waals surface area (Å²) in [6.07, 6.45) is 3.59. The van der Waals surface area contributed by atoms with Gasteiger partial charge in [0.25, 0.3) is 0 Å². The number of rotatable bonds is 6. The summed E-state index contributed by atoms with van der Waals surface area (Å²) in [7, 11) is 1.86. The van der Waals surface area contributed by atoms with Crippen molar-refractivity contribution in [2.75, 3.05) is 5.32 Å². The second kappa shape index (κ2) is 7.85. The van der Waals surface area contributed by atoms with Crippen molar-refractivity contribution in [1.29, 1.82) is 0 Å². The summed E-state index contributed by atoms with van der Waals surface area (Å²) in [5, 5.41) is 11.7. The van der Waals surface area contributed by atoms with E-state index in [-0.39, 0.29) is 12.3 Å². The molecule has 0 radical (unpaired) electrons. The summed E-state index contributed by atoms with van der Waals surface area (Å²) in [6, 6.07) is 9.42. The number of thiazole rings is 1. The number of amides is 1. The SMILES string of the molecule is Cn1ncc2c(SCc3csc(CC(=O)Nc4ccccc4)n3)ncnc21. The normalized spacial score (nSPS) is 11.0. The maximum Gasteiger partial charge on any atom is 0.231 e. The number of thioether (sulfide) groups is 1. The van der Waals surface area contributed by atoms with Crippen molar-refractivity contribution in [1.82, 2.24) is 24.7 Å². The van der Waals surface area contributed by atoms with E-state index in [9.17, 15) is 4.79 Å². The number of benzene rings is 1. The van der Waals surface area contributed by atoms with Gasteiger partial charge in [-0.1, -0.05) is 30.0 Å². The molecule has 4 rings (SSSR count). The van der Waals surface area contributed by atoms with E-state index in [2.05, 4.69) is 25.4 Å². The van der Waals surface area contributed by atoms with Crippen LogP contribution in [0.3, 0.4) is 0 Å². The lowest BCUT2D eigenvalue weighted by Gasteiger charge is -2.03. The molecule has 1 amide bonds. The maximum absolute atomic E-state index is 12.1. The van der Waals surface area contributed by atoms with Gasteiger partial charge < -0.3 is 5.32 Å². The van der Waals surface area contributed by atoms with Gasteiger partial charge >= 0.3 is 0 Å². The van der Waals surface area contributed by atoms with Gasteiger partial charge in [-0.05, 0) is 12.1 Å². The molecule has 1 aromatic carbocycles. The lowest BCUT2D eigenvalue weighted by Crippen LogP contribution is -2.14. The molecule has 1 N–H and O–H groups in total. The minimum absolute atomic E-state index is 0.0670. The van der Waals surface area contributed by atoms with Crippen LogP contribution in [0.25, 0.3) is 11.0 Å². The summed E-state index contributed by atoms with van der Waals surface area (Å²) < 4.78 is 1.73. The molecule has 0 fully saturated rings. The summed E-state index contributed by atoms with van der Waals surface area (Å²) in [5.74, 6) is 0.611. The van der Waals surface area contributed by atoms with Gasteiger partial charge in [-0.15, -0.1) is 11.3 Å². The predicted molar refractivity (Wildman–Crippen MR) is 107 cm³/mol. The van der Waals surface area contributed by atoms with Crippen molar-refractivity contribution in [2.45, 2.75) is 17.2 Å². The number of aryl methyl sites for hydroxylation is 1. The van der Waals surface area contributed by atoms with Crippen LogP contribution >= 0.6 is 23.1 Å². The van der Waals surface area contributed by atoms with Crippen LogP contribution in [0, 0.1) is 0 Å². The number of hydrogen-bond donors (Lipinski definition) is 1. The topological polar surface area (TPSA) is 85.6 Å². The molecule has 0 aliphatic carbocycles. The Kier molecular flexibility index (Phi) is 5.12. The molecule has 0 spiro atoms. The Morgan fingerprint density at radius 2 is 2.11 bits per heavy atom. The molecule has 9 heteroatoms. The molecule has 0 aliphatic rings. The van der Waals surface area contributed by atoms with Crippen LogP contribution in [0.15, 0.2) is 53.3 Å². The number of aromatic nitrogens is 5. The molecular formula is C18H16N6OS2. The van der Waals surface area contributed by atoms with E-state index >= 15 is 0 Å². The molecule has 0 aliphatic heterocycles. The van der Waals surface area contributed by atoms with Crippen molar-refractivity contribution >= 4 is 45.7 Å². The van der Waals surface area contributed by atoms with Crippen LogP contribution in [0.4, 0.5) is 5.69 Å². The summed E-state index contributed by atoms with van der Waals surface area (Å²) in [4.78, 5) is 25.3. The zero-order valence-electron chi connectivity index (χ0n) is 14.5. The molecule has 136 valence electrons. The minimum atomic E-state index is -0.0670. The largest absolute Gasteiger partial charge is 0.326 e. The molecule has 0 unspecified atom stereocenters. The lowest BCUT2D eigenvalue weighted by molar-refractivity contribution is -0.115. The first-order valence-corrected chi connectivity index (χ1v) is 10.1. The molecular weight excluding hydrogens is 380 g/mol. The van der Waals surface area contributed by atoms with Crippen LogP contribution in [-0.4, -0.2) is 30.6 Å². The molecule has 4 aromatic rings. The first-order valence-electron chi connectivity index (χ1n) is 8.23. The summed E-state index contributed by atoms with van der Waals surface area (Å²) >= 11 is 3.09. The quantitative estimate of drug-likeness (QED) is 0.398. The molecule has 0 bridgehead atoms. The van der Waals surface area contributed by atoms with Crippen molar-refractivity contribution in [3.63, 3.8) is 0 Å². The first kappa shape index (κ1) is 17.6. The van der Waals surface area contributed by atoms with Gasteiger partial charge in [0.1, 0.15) is 16.4 Å². The van der Waals surface area contributed by atoms with Gasteiger partial charge in [-0.25, -0.2) is 15.0 Å². The summed E-state index contributed by atoms with van der Waals surface area (Å²) in [6.45, 7) is 0. The Balaban J connectivity index is 1.37. The van der Waals surface area contributed by atoms with Crippen LogP contribution in [0.1, 0.15) is 10.7 Å². The third kappa shape index (κ3) is 4.15. The average Bonchev–Trinajstić information content (AvgIpc) is 3.28. The number of carbonyl (C=O) groups excluding carboxylic acids is 1. The third-order valence-corrected chi connectivity index (χ3v) is 5.75. The minimum Gasteiger partial charge on any atom is -0.326 e. The van der Waals surface area contributed by atoms with Crippen molar-refractivity contribution in [2.24, 2.45) is 7.05 Å². The fraction of sp³-hybridized carbons (Fsp3) is 0.167. The zero-order valence-corrected chi connectivity index (χ0v) is 16.1. The smallest absolute Gasteiger partial charge is 0.231 e. The highest BCUT2D eigenvalue weighted by Crippen LogP contribution is 2.27. The average molecular weight is 397 g/mol. The molecule has 7 nitrogen and oxygen atoms in total. The Morgan fingerprint density at radius 1 is 1.26 bits per heavy atom. The Hall–Kier alpha value is -2.78. The number of para-hydroxylation sites is 1. The molecule has 0 atom stereocenters. The molecule has 27 heavy (non-hydrogen) atoms. The fourth-order valence-corrected chi connectivity index (χ4v) is 4.31. The third-order valence-electron chi connectivity index (χ3n) is 3.82. The predicted octanol–water partition coefficient (Wildman–Crippen LogP) is 3.29. The van der Waals surface area contributed by atoms with Crippen molar-refractivity contribution in [3.05, 3.63) is 58.9 Å². The number of nitrogens with zero attached hydrogens (tertiary/aromatic N) is 5. The van der Waals surface area contributed by atoms with E-state index in [1.165, 1.54) is 11.3 Å². The van der Waals surface area contributed by atoms with E-state index in [0.717, 1.165) is 32.4 Å². The highest BCUT2D eigenvalue weighted by Gasteiger charge is 2.11. The van der Waals surface area contributed by atoms with Gasteiger partial charge in [0, 0.05) is 23.9 Å². The van der Waals surface area contributed by atoms with Crippen molar-refractivity contribution in [3.8, 4) is 0 Å². The number of fused-ring (bicyclic) bond motifs is 1. The van der Waals surface area contributed by atoms with E-state index in [4.69, 9.17) is 0 Å². The molecule has 0 saturated heterocycles. The molecule has 0 saturated carbocycles. The monoisotopic (exact) mass is 396 g/mol. The van der Waals surface area contributed by atoms with Crippen LogP contribution in [-0.2, 0) is 24.0 Å².